The van der Waals surface area contributed by atoms with Crippen LogP contribution < -0.4 is 5.73 Å². The van der Waals surface area contributed by atoms with Crippen molar-refractivity contribution in [2.24, 2.45) is 5.73 Å². The van der Waals surface area contributed by atoms with Crippen molar-refractivity contribution in [3.05, 3.63) is 36.0 Å². The van der Waals surface area contributed by atoms with Crippen molar-refractivity contribution in [1.29, 1.82) is 0 Å². The van der Waals surface area contributed by atoms with Crippen LogP contribution in [-0.4, -0.2) is 23.1 Å². The molecular formula is C14H19ClN2O2. The van der Waals surface area contributed by atoms with Crippen molar-refractivity contribution in [2.75, 3.05) is 0 Å². The van der Waals surface area contributed by atoms with E-state index in [4.69, 9.17) is 10.5 Å². The molecule has 0 bridgehead atoms. The van der Waals surface area contributed by atoms with Gasteiger partial charge >= 0.3 is 5.97 Å². The van der Waals surface area contributed by atoms with E-state index in [1.807, 2.05) is 44.3 Å². The van der Waals surface area contributed by atoms with Gasteiger partial charge in [0.05, 0.1) is 6.10 Å². The van der Waals surface area contributed by atoms with Crippen LogP contribution in [0.15, 0.2) is 30.5 Å². The molecule has 1 atom stereocenters. The van der Waals surface area contributed by atoms with Gasteiger partial charge in [-0.2, -0.15) is 0 Å². The minimum absolute atomic E-state index is 0. The summed E-state index contributed by atoms with van der Waals surface area (Å²) < 4.78 is 5.10. The first-order valence-electron chi connectivity index (χ1n) is 6.09. The Kier molecular flexibility index (Phi) is 5.39. The number of para-hydroxylation sites is 1. The van der Waals surface area contributed by atoms with Crippen molar-refractivity contribution >= 4 is 29.3 Å². The maximum atomic E-state index is 11.7. The zero-order valence-corrected chi connectivity index (χ0v) is 11.9. The summed E-state index contributed by atoms with van der Waals surface area (Å²) in [5.41, 5.74) is 7.95. The topological polar surface area (TPSA) is 68.1 Å². The van der Waals surface area contributed by atoms with Gasteiger partial charge in [-0.3, -0.25) is 4.79 Å². The van der Waals surface area contributed by atoms with Crippen LogP contribution in [0.1, 0.15) is 19.4 Å². The molecular weight excluding hydrogens is 264 g/mol. The number of benzene rings is 1. The van der Waals surface area contributed by atoms with Gasteiger partial charge in [0.15, 0.2) is 0 Å². The summed E-state index contributed by atoms with van der Waals surface area (Å²) in [6.07, 6.45) is 2.24. The van der Waals surface area contributed by atoms with E-state index >= 15 is 0 Å². The third-order valence-electron chi connectivity index (χ3n) is 2.77. The Hall–Kier alpha value is -1.52. The summed E-state index contributed by atoms with van der Waals surface area (Å²) in [6, 6.07) is 7.33. The van der Waals surface area contributed by atoms with E-state index in [0.717, 1.165) is 16.5 Å². The van der Waals surface area contributed by atoms with E-state index in [0.29, 0.717) is 6.42 Å². The normalized spacial score (nSPS) is 12.2. The molecule has 104 valence electrons. The molecule has 0 radical (unpaired) electrons. The molecule has 0 amide bonds. The molecule has 1 aromatic carbocycles. The highest BCUT2D eigenvalue weighted by Gasteiger charge is 2.18. The second-order valence-corrected chi connectivity index (χ2v) is 4.66. The van der Waals surface area contributed by atoms with Gasteiger partial charge in [0.1, 0.15) is 6.04 Å². The fourth-order valence-electron chi connectivity index (χ4n) is 1.94. The lowest BCUT2D eigenvalue weighted by atomic mass is 10.1. The highest BCUT2D eigenvalue weighted by atomic mass is 35.5. The number of rotatable bonds is 4. The summed E-state index contributed by atoms with van der Waals surface area (Å²) in [5, 5.41) is 1.10. The van der Waals surface area contributed by atoms with Gasteiger partial charge in [-0.25, -0.2) is 0 Å². The Labute approximate surface area is 118 Å². The van der Waals surface area contributed by atoms with Gasteiger partial charge in [-0.1, -0.05) is 18.2 Å². The summed E-state index contributed by atoms with van der Waals surface area (Å²) in [5.74, 6) is -0.352. The minimum Gasteiger partial charge on any atom is -0.462 e. The molecule has 2 aromatic rings. The van der Waals surface area contributed by atoms with Crippen LogP contribution in [0.4, 0.5) is 0 Å². The molecule has 5 heteroatoms. The quantitative estimate of drug-likeness (QED) is 0.846. The number of aromatic amines is 1. The number of ether oxygens (including phenoxy) is 1. The van der Waals surface area contributed by atoms with Gasteiger partial charge < -0.3 is 15.5 Å². The molecule has 0 fully saturated rings. The zero-order chi connectivity index (χ0) is 13.1. The number of esters is 1. The van der Waals surface area contributed by atoms with Crippen molar-refractivity contribution in [3.8, 4) is 0 Å². The number of nitrogens with one attached hydrogen (secondary N) is 1. The van der Waals surface area contributed by atoms with E-state index < -0.39 is 6.04 Å². The van der Waals surface area contributed by atoms with E-state index in [-0.39, 0.29) is 24.5 Å². The molecule has 0 saturated heterocycles. The maximum absolute atomic E-state index is 11.7. The van der Waals surface area contributed by atoms with Crippen molar-refractivity contribution in [1.82, 2.24) is 4.98 Å². The lowest BCUT2D eigenvalue weighted by Gasteiger charge is -2.13. The molecule has 4 nitrogen and oxygen atoms in total. The number of nitrogens with two attached hydrogens (primary N) is 1. The summed E-state index contributed by atoms with van der Waals surface area (Å²) in [4.78, 5) is 14.8. The molecule has 3 N–H and O–H groups in total. The molecule has 1 unspecified atom stereocenters. The highest BCUT2D eigenvalue weighted by molar-refractivity contribution is 5.85. The number of fused-ring (bicyclic) bond motifs is 1. The first kappa shape index (κ1) is 15.5. The molecule has 0 aliphatic heterocycles. The molecule has 0 spiro atoms. The smallest absolute Gasteiger partial charge is 0.323 e. The number of aromatic nitrogens is 1. The molecule has 0 aliphatic rings. The van der Waals surface area contributed by atoms with Crippen molar-refractivity contribution in [3.63, 3.8) is 0 Å². The lowest BCUT2D eigenvalue weighted by Crippen LogP contribution is -2.35. The van der Waals surface area contributed by atoms with Crippen LogP contribution in [0, 0.1) is 0 Å². The largest absolute Gasteiger partial charge is 0.462 e. The molecule has 19 heavy (non-hydrogen) atoms. The Balaban J connectivity index is 0.00000180. The predicted octanol–water partition coefficient (Wildman–Crippen LogP) is 2.41. The van der Waals surface area contributed by atoms with Gasteiger partial charge in [0, 0.05) is 23.5 Å². The number of halogens is 1. The predicted molar refractivity (Wildman–Crippen MR) is 78.5 cm³/mol. The summed E-state index contributed by atoms with van der Waals surface area (Å²) in [6.45, 7) is 3.63. The van der Waals surface area contributed by atoms with Gasteiger partial charge in [-0.05, 0) is 25.5 Å². The number of hydrogen-bond acceptors (Lipinski definition) is 3. The van der Waals surface area contributed by atoms with Crippen LogP contribution in [0.25, 0.3) is 10.9 Å². The number of H-pyrrole nitrogens is 1. The fraction of sp³-hybridized carbons (Fsp3) is 0.357. The molecule has 0 saturated carbocycles. The number of carbonyl (C=O) groups excluding carboxylic acids is 1. The molecule has 1 aromatic heterocycles. The van der Waals surface area contributed by atoms with Gasteiger partial charge in [0.2, 0.25) is 0 Å². The number of hydrogen-bond donors (Lipinski definition) is 2. The van der Waals surface area contributed by atoms with Crippen LogP contribution in [0.2, 0.25) is 0 Å². The molecule has 0 aliphatic carbocycles. The molecule has 1 heterocycles. The first-order valence-corrected chi connectivity index (χ1v) is 6.09. The van der Waals surface area contributed by atoms with Crippen LogP contribution in [-0.2, 0) is 16.0 Å². The highest BCUT2D eigenvalue weighted by Crippen LogP contribution is 2.18. The third kappa shape index (κ3) is 3.72. The first-order chi connectivity index (χ1) is 8.58. The lowest BCUT2D eigenvalue weighted by molar-refractivity contribution is -0.148. The Morgan fingerprint density at radius 3 is 2.74 bits per heavy atom. The van der Waals surface area contributed by atoms with Crippen LogP contribution in [0.3, 0.4) is 0 Å². The minimum atomic E-state index is -0.619. The van der Waals surface area contributed by atoms with Gasteiger partial charge in [0.25, 0.3) is 0 Å². The maximum Gasteiger partial charge on any atom is 0.323 e. The van der Waals surface area contributed by atoms with E-state index in [9.17, 15) is 4.79 Å². The fourth-order valence-corrected chi connectivity index (χ4v) is 1.94. The summed E-state index contributed by atoms with van der Waals surface area (Å²) in [7, 11) is 0. The second kappa shape index (κ2) is 6.59. The average molecular weight is 283 g/mol. The van der Waals surface area contributed by atoms with Crippen LogP contribution in [0.5, 0.6) is 0 Å². The monoisotopic (exact) mass is 282 g/mol. The average Bonchev–Trinajstić information content (AvgIpc) is 2.72. The summed E-state index contributed by atoms with van der Waals surface area (Å²) >= 11 is 0. The van der Waals surface area contributed by atoms with E-state index in [1.165, 1.54) is 0 Å². The second-order valence-electron chi connectivity index (χ2n) is 4.66. The number of carbonyl (C=O) groups is 1. The Bertz CT molecular complexity index is 551. The van der Waals surface area contributed by atoms with Crippen molar-refractivity contribution in [2.45, 2.75) is 32.4 Å². The zero-order valence-electron chi connectivity index (χ0n) is 11.1. The van der Waals surface area contributed by atoms with Crippen molar-refractivity contribution < 1.29 is 9.53 Å². The van der Waals surface area contributed by atoms with E-state index in [1.54, 1.807) is 0 Å². The Morgan fingerprint density at radius 1 is 1.37 bits per heavy atom. The van der Waals surface area contributed by atoms with Gasteiger partial charge in [-0.15, -0.1) is 12.4 Å². The standard InChI is InChI=1S/C14H18N2O2.ClH/c1-9(2)18-14(17)12(15)7-10-8-16-13-6-4-3-5-11(10)13;/h3-6,8-9,12,16H,7,15H2,1-2H3;1H. The van der Waals surface area contributed by atoms with Crippen LogP contribution >= 0.6 is 12.4 Å². The Morgan fingerprint density at radius 2 is 2.05 bits per heavy atom. The third-order valence-corrected chi connectivity index (χ3v) is 2.77. The van der Waals surface area contributed by atoms with E-state index in [2.05, 4.69) is 4.98 Å². The molecule has 2 rings (SSSR count). The SMILES string of the molecule is CC(C)OC(=O)C(N)Cc1c[nH]c2ccccc12.Cl.